The maximum atomic E-state index is 13.1. The number of fused-ring (bicyclic) bond motifs is 1. The van der Waals surface area contributed by atoms with Gasteiger partial charge in [0.15, 0.2) is 0 Å². The van der Waals surface area contributed by atoms with E-state index < -0.39 is 12.7 Å². The number of nitrogens with zero attached hydrogens (tertiary/aromatic N) is 3. The Balaban J connectivity index is 1.81. The second-order valence-corrected chi connectivity index (χ2v) is 6.66. The molecule has 0 radical (unpaired) electrons. The van der Waals surface area contributed by atoms with Gasteiger partial charge in [0.05, 0.1) is 23.4 Å². The summed E-state index contributed by atoms with van der Waals surface area (Å²) in [5.74, 6) is 0.370. The number of hydrogen-bond donors (Lipinski definition) is 2. The lowest BCUT2D eigenvalue weighted by molar-refractivity contribution is -0.115. The first-order valence-electron chi connectivity index (χ1n) is 8.31. The van der Waals surface area contributed by atoms with Crippen LogP contribution in [0, 0.1) is 5.92 Å². The van der Waals surface area contributed by atoms with Crippen molar-refractivity contribution in [1.29, 1.82) is 0 Å². The van der Waals surface area contributed by atoms with Crippen LogP contribution in [0.5, 0.6) is 0 Å². The van der Waals surface area contributed by atoms with Gasteiger partial charge in [-0.3, -0.25) is 10.1 Å². The third-order valence-corrected chi connectivity index (χ3v) is 4.02. The van der Waals surface area contributed by atoms with E-state index in [0.29, 0.717) is 24.0 Å². The van der Waals surface area contributed by atoms with E-state index in [1.54, 1.807) is 12.4 Å². The molecule has 1 aromatic heterocycles. The number of aliphatic imine (C=N–C) groups is 1. The van der Waals surface area contributed by atoms with E-state index in [9.17, 15) is 9.18 Å². The minimum atomic E-state index is -0.546. The zero-order valence-corrected chi connectivity index (χ0v) is 14.6. The number of halogens is 1. The quantitative estimate of drug-likeness (QED) is 0.819. The number of aryl methyl sites for hydroxylation is 1. The average Bonchev–Trinajstić information content (AvgIpc) is 3.10. The van der Waals surface area contributed by atoms with Gasteiger partial charge in [-0.1, -0.05) is 19.9 Å². The predicted molar refractivity (Wildman–Crippen MR) is 96.6 cm³/mol. The van der Waals surface area contributed by atoms with Gasteiger partial charge >= 0.3 is 0 Å². The first kappa shape index (κ1) is 17.1. The van der Waals surface area contributed by atoms with Gasteiger partial charge in [-0.05, 0) is 36.1 Å². The van der Waals surface area contributed by atoms with Crippen molar-refractivity contribution >= 4 is 29.0 Å². The van der Waals surface area contributed by atoms with Crippen molar-refractivity contribution in [2.24, 2.45) is 18.0 Å². The summed E-state index contributed by atoms with van der Waals surface area (Å²) >= 11 is 0. The zero-order chi connectivity index (χ0) is 18.0. The van der Waals surface area contributed by atoms with Crippen molar-refractivity contribution in [3.05, 3.63) is 35.8 Å². The first-order chi connectivity index (χ1) is 12.0. The van der Waals surface area contributed by atoms with Crippen LogP contribution in [0.2, 0.25) is 0 Å². The van der Waals surface area contributed by atoms with Crippen molar-refractivity contribution in [2.45, 2.75) is 26.3 Å². The number of guanidine groups is 1. The summed E-state index contributed by atoms with van der Waals surface area (Å²) in [6.07, 6.45) is 4.13. The molecule has 1 aromatic carbocycles. The van der Waals surface area contributed by atoms with Crippen LogP contribution in [-0.4, -0.2) is 34.1 Å². The molecule has 0 aliphatic carbocycles. The number of imidazole rings is 1. The molecule has 1 aliphatic rings. The predicted octanol–water partition coefficient (Wildman–Crippen LogP) is 2.37. The summed E-state index contributed by atoms with van der Waals surface area (Å²) < 4.78 is 15.0. The van der Waals surface area contributed by atoms with Gasteiger partial charge in [0.1, 0.15) is 12.4 Å². The molecule has 1 aliphatic heterocycles. The van der Waals surface area contributed by atoms with Gasteiger partial charge in [-0.25, -0.2) is 14.4 Å². The van der Waals surface area contributed by atoms with Gasteiger partial charge in [-0.15, -0.1) is 0 Å². The average molecular weight is 343 g/mol. The molecule has 0 saturated carbocycles. The van der Waals surface area contributed by atoms with Crippen LogP contribution < -0.4 is 10.6 Å². The normalized spacial score (nSPS) is 19.0. The molecule has 3 rings (SSSR count). The molecule has 6 nitrogen and oxygen atoms in total. The lowest BCUT2D eigenvalue weighted by Crippen LogP contribution is -2.28. The largest absolute Gasteiger partial charge is 0.334 e. The van der Waals surface area contributed by atoms with Crippen molar-refractivity contribution in [2.75, 3.05) is 6.67 Å². The van der Waals surface area contributed by atoms with E-state index in [-0.39, 0.29) is 5.91 Å². The summed E-state index contributed by atoms with van der Waals surface area (Å²) in [6.45, 7) is 3.49. The number of hydrogen-bond acceptors (Lipinski definition) is 3. The second kappa shape index (κ2) is 7.04. The highest BCUT2D eigenvalue weighted by Crippen LogP contribution is 2.17. The van der Waals surface area contributed by atoms with Crippen LogP contribution in [0.4, 0.5) is 4.39 Å². The number of benzene rings is 1. The molecular formula is C18H22FN5O. The highest BCUT2D eigenvalue weighted by atomic mass is 19.1. The maximum Gasteiger partial charge on any atom is 0.274 e. The van der Waals surface area contributed by atoms with E-state index in [0.717, 1.165) is 16.6 Å². The lowest BCUT2D eigenvalue weighted by Gasteiger charge is -2.11. The van der Waals surface area contributed by atoms with E-state index in [4.69, 9.17) is 0 Å². The Labute approximate surface area is 145 Å². The standard InChI is InChI=1S/C18H22FN5O/c1-11(2)6-13(9-19)21-18-22-15(17(25)23-18)7-12-4-5-14-16(8-12)24(3)10-20-14/h4-5,7-8,10-11,13H,6,9H2,1-3H3,(H2,21,22,23,25)/b15-7-/t13-/m1/s1. The smallest absolute Gasteiger partial charge is 0.274 e. The van der Waals surface area contributed by atoms with Crippen molar-refractivity contribution in [3.63, 3.8) is 0 Å². The molecule has 2 N–H and O–H groups in total. The van der Waals surface area contributed by atoms with Crippen molar-refractivity contribution < 1.29 is 9.18 Å². The fourth-order valence-electron chi connectivity index (χ4n) is 2.83. The third-order valence-electron chi connectivity index (χ3n) is 4.02. The Morgan fingerprint density at radius 2 is 2.16 bits per heavy atom. The van der Waals surface area contributed by atoms with Gasteiger partial charge in [-0.2, -0.15) is 0 Å². The Kier molecular flexibility index (Phi) is 4.83. The van der Waals surface area contributed by atoms with E-state index >= 15 is 0 Å². The van der Waals surface area contributed by atoms with Gasteiger partial charge in [0.25, 0.3) is 5.91 Å². The van der Waals surface area contributed by atoms with Gasteiger partial charge in [0.2, 0.25) is 5.96 Å². The Morgan fingerprint density at radius 3 is 2.88 bits per heavy atom. The minimum Gasteiger partial charge on any atom is -0.334 e. The summed E-state index contributed by atoms with van der Waals surface area (Å²) in [6, 6.07) is 5.32. The number of alkyl halides is 1. The van der Waals surface area contributed by atoms with Crippen molar-refractivity contribution in [1.82, 2.24) is 20.2 Å². The molecule has 0 bridgehead atoms. The molecule has 132 valence electrons. The molecule has 0 spiro atoms. The highest BCUT2D eigenvalue weighted by Gasteiger charge is 2.23. The molecule has 25 heavy (non-hydrogen) atoms. The van der Waals surface area contributed by atoms with Crippen LogP contribution >= 0.6 is 0 Å². The van der Waals surface area contributed by atoms with Gasteiger partial charge in [0, 0.05) is 7.05 Å². The number of carbonyl (C=O) groups is 1. The zero-order valence-electron chi connectivity index (χ0n) is 14.6. The number of nitrogens with one attached hydrogen (secondary N) is 2. The highest BCUT2D eigenvalue weighted by molar-refractivity contribution is 6.15. The van der Waals surface area contributed by atoms with E-state index in [1.807, 2.05) is 43.7 Å². The number of rotatable bonds is 5. The van der Waals surface area contributed by atoms with Crippen LogP contribution in [0.15, 0.2) is 35.2 Å². The maximum absolute atomic E-state index is 13.1. The third kappa shape index (κ3) is 3.87. The SMILES string of the molecule is CC(C)C[C@H](CF)N=C1NC(=O)/C(=C/c2ccc3ncn(C)c3c2)N1. The van der Waals surface area contributed by atoms with Crippen LogP contribution in [0.25, 0.3) is 17.1 Å². The fourth-order valence-corrected chi connectivity index (χ4v) is 2.83. The van der Waals surface area contributed by atoms with Crippen molar-refractivity contribution in [3.8, 4) is 0 Å². The van der Waals surface area contributed by atoms with Crippen LogP contribution in [0.3, 0.4) is 0 Å². The number of aromatic nitrogens is 2. The fraction of sp³-hybridized carbons (Fsp3) is 0.389. The number of carbonyl (C=O) groups excluding carboxylic acids is 1. The summed E-state index contributed by atoms with van der Waals surface area (Å²) in [4.78, 5) is 20.7. The number of amides is 1. The minimum absolute atomic E-state index is 0.272. The Morgan fingerprint density at radius 1 is 1.36 bits per heavy atom. The summed E-state index contributed by atoms with van der Waals surface area (Å²) in [7, 11) is 1.92. The molecule has 1 amide bonds. The molecule has 1 fully saturated rings. The Bertz CT molecular complexity index is 852. The molecular weight excluding hydrogens is 321 g/mol. The van der Waals surface area contributed by atoms with E-state index in [2.05, 4.69) is 20.6 Å². The molecule has 2 heterocycles. The monoisotopic (exact) mass is 343 g/mol. The summed E-state index contributed by atoms with van der Waals surface area (Å²) in [5, 5.41) is 5.60. The molecule has 7 heteroatoms. The van der Waals surface area contributed by atoms with Gasteiger partial charge < -0.3 is 9.88 Å². The molecule has 1 saturated heterocycles. The second-order valence-electron chi connectivity index (χ2n) is 6.66. The molecule has 2 aromatic rings. The Hall–Kier alpha value is -2.70. The lowest BCUT2D eigenvalue weighted by atomic mass is 10.1. The summed E-state index contributed by atoms with van der Waals surface area (Å²) in [5.41, 5.74) is 3.15. The topological polar surface area (TPSA) is 71.3 Å². The molecule has 1 atom stereocenters. The van der Waals surface area contributed by atoms with Crippen LogP contribution in [0.1, 0.15) is 25.8 Å². The first-order valence-corrected chi connectivity index (χ1v) is 8.31. The van der Waals surface area contributed by atoms with Crippen LogP contribution in [-0.2, 0) is 11.8 Å². The van der Waals surface area contributed by atoms with E-state index in [1.165, 1.54) is 0 Å². The molecule has 0 unspecified atom stereocenters.